The molecule has 0 bridgehead atoms. The number of thioether (sulfide) groups is 1. The number of carbonyl (C=O) groups excluding carboxylic acids is 1. The summed E-state index contributed by atoms with van der Waals surface area (Å²) in [5.74, 6) is 1.57. The van der Waals surface area contributed by atoms with Gasteiger partial charge in [-0.05, 0) is 42.2 Å². The zero-order valence-corrected chi connectivity index (χ0v) is 19.2. The second kappa shape index (κ2) is 11.5. The van der Waals surface area contributed by atoms with Crippen molar-refractivity contribution in [3.8, 4) is 0 Å². The van der Waals surface area contributed by atoms with Crippen molar-refractivity contribution in [1.82, 2.24) is 20.3 Å². The third kappa shape index (κ3) is 6.79. The second-order valence-corrected chi connectivity index (χ2v) is 8.25. The average molecular weight is 436 g/mol. The lowest BCUT2D eigenvalue weighted by Gasteiger charge is -2.18. The summed E-state index contributed by atoms with van der Waals surface area (Å²) in [5.41, 5.74) is 3.72. The van der Waals surface area contributed by atoms with E-state index in [1.54, 1.807) is 24.2 Å². The molecule has 3 rings (SSSR count). The van der Waals surface area contributed by atoms with E-state index in [4.69, 9.17) is 4.98 Å². The Labute approximate surface area is 188 Å². The molecule has 1 N–H and O–H groups in total. The van der Waals surface area contributed by atoms with Gasteiger partial charge in [0, 0.05) is 55.6 Å². The standard InChI is InChI=1S/C24H29N5OS/c1-4-12-29(3)22-14-21(5-2)27-24(28-22)31-17-18-8-6-10-20(13-18)23(30)26-16-19-9-7-11-25-15-19/h6-11,13-15H,4-5,12,16-17H2,1-3H3,(H,26,30). The Morgan fingerprint density at radius 1 is 1.10 bits per heavy atom. The minimum Gasteiger partial charge on any atom is -0.360 e. The van der Waals surface area contributed by atoms with Crippen LogP contribution in [0.3, 0.4) is 0 Å². The second-order valence-electron chi connectivity index (χ2n) is 7.31. The highest BCUT2D eigenvalue weighted by Gasteiger charge is 2.10. The lowest BCUT2D eigenvalue weighted by Crippen LogP contribution is -2.22. The Hall–Kier alpha value is -2.93. The van der Waals surface area contributed by atoms with Gasteiger partial charge in [0.1, 0.15) is 5.82 Å². The highest BCUT2D eigenvalue weighted by atomic mass is 32.2. The molecule has 162 valence electrons. The number of benzene rings is 1. The van der Waals surface area contributed by atoms with Crippen LogP contribution in [0.5, 0.6) is 0 Å². The fourth-order valence-corrected chi connectivity index (χ4v) is 3.90. The highest BCUT2D eigenvalue weighted by molar-refractivity contribution is 7.98. The number of nitrogens with one attached hydrogen (secondary N) is 1. The van der Waals surface area contributed by atoms with Crippen molar-refractivity contribution in [2.75, 3.05) is 18.5 Å². The predicted molar refractivity (Wildman–Crippen MR) is 126 cm³/mol. The molecule has 0 aliphatic rings. The number of amides is 1. The first-order valence-corrected chi connectivity index (χ1v) is 11.6. The SMILES string of the molecule is CCCN(C)c1cc(CC)nc(SCc2cccc(C(=O)NCc3cccnc3)c2)n1. The van der Waals surface area contributed by atoms with E-state index in [-0.39, 0.29) is 5.91 Å². The summed E-state index contributed by atoms with van der Waals surface area (Å²) in [7, 11) is 2.06. The lowest BCUT2D eigenvalue weighted by molar-refractivity contribution is 0.0951. The zero-order valence-electron chi connectivity index (χ0n) is 18.3. The molecule has 0 unspecified atom stereocenters. The third-order valence-electron chi connectivity index (χ3n) is 4.79. The molecule has 1 amide bonds. The number of carbonyl (C=O) groups is 1. The smallest absolute Gasteiger partial charge is 0.251 e. The van der Waals surface area contributed by atoms with Crippen LogP contribution in [-0.2, 0) is 18.7 Å². The molecule has 0 radical (unpaired) electrons. The normalized spacial score (nSPS) is 10.7. The van der Waals surface area contributed by atoms with E-state index in [9.17, 15) is 4.79 Å². The van der Waals surface area contributed by atoms with Crippen molar-refractivity contribution in [3.05, 3.63) is 77.2 Å². The molecule has 2 heterocycles. The Balaban J connectivity index is 1.64. The first-order valence-electron chi connectivity index (χ1n) is 10.6. The van der Waals surface area contributed by atoms with Gasteiger partial charge < -0.3 is 10.2 Å². The Bertz CT molecular complexity index is 996. The molecule has 0 aliphatic heterocycles. The van der Waals surface area contributed by atoms with Crippen LogP contribution >= 0.6 is 11.8 Å². The van der Waals surface area contributed by atoms with E-state index in [2.05, 4.69) is 47.1 Å². The highest BCUT2D eigenvalue weighted by Crippen LogP contribution is 2.23. The molecule has 0 aliphatic carbocycles. The van der Waals surface area contributed by atoms with Gasteiger partial charge >= 0.3 is 0 Å². The Morgan fingerprint density at radius 3 is 2.68 bits per heavy atom. The molecule has 0 saturated carbocycles. The van der Waals surface area contributed by atoms with Crippen LogP contribution in [0.2, 0.25) is 0 Å². The molecule has 1 aromatic carbocycles. The summed E-state index contributed by atoms with van der Waals surface area (Å²) in [6.45, 7) is 5.68. The predicted octanol–water partition coefficient (Wildman–Crippen LogP) is 4.50. The summed E-state index contributed by atoms with van der Waals surface area (Å²) in [5, 5.41) is 3.71. The third-order valence-corrected chi connectivity index (χ3v) is 5.71. The molecule has 2 aromatic heterocycles. The van der Waals surface area contributed by atoms with Crippen LogP contribution in [0.15, 0.2) is 60.0 Å². The summed E-state index contributed by atoms with van der Waals surface area (Å²) < 4.78 is 0. The largest absolute Gasteiger partial charge is 0.360 e. The van der Waals surface area contributed by atoms with Gasteiger partial charge in [0.15, 0.2) is 5.16 Å². The monoisotopic (exact) mass is 435 g/mol. The minimum atomic E-state index is -0.0941. The molecular weight excluding hydrogens is 406 g/mol. The van der Waals surface area contributed by atoms with Crippen molar-refractivity contribution in [2.24, 2.45) is 0 Å². The average Bonchev–Trinajstić information content (AvgIpc) is 2.82. The molecule has 3 aromatic rings. The van der Waals surface area contributed by atoms with Crippen LogP contribution in [-0.4, -0.2) is 34.5 Å². The van der Waals surface area contributed by atoms with Gasteiger partial charge in [-0.25, -0.2) is 9.97 Å². The molecule has 31 heavy (non-hydrogen) atoms. The van der Waals surface area contributed by atoms with Gasteiger partial charge in [-0.1, -0.05) is 43.8 Å². The molecule has 0 fully saturated rings. The van der Waals surface area contributed by atoms with Crippen LogP contribution in [0.4, 0.5) is 5.82 Å². The maximum Gasteiger partial charge on any atom is 0.251 e. The first kappa shape index (κ1) is 22.7. The van der Waals surface area contributed by atoms with E-state index in [0.29, 0.717) is 17.9 Å². The summed E-state index contributed by atoms with van der Waals surface area (Å²) >= 11 is 1.59. The lowest BCUT2D eigenvalue weighted by atomic mass is 10.1. The quantitative estimate of drug-likeness (QED) is 0.373. The van der Waals surface area contributed by atoms with Gasteiger partial charge in [0.05, 0.1) is 0 Å². The Morgan fingerprint density at radius 2 is 1.94 bits per heavy atom. The number of hydrogen-bond acceptors (Lipinski definition) is 6. The van der Waals surface area contributed by atoms with Gasteiger partial charge in [-0.3, -0.25) is 9.78 Å². The van der Waals surface area contributed by atoms with E-state index < -0.39 is 0 Å². The molecule has 0 spiro atoms. The fourth-order valence-electron chi connectivity index (χ4n) is 3.09. The number of pyridine rings is 1. The first-order chi connectivity index (χ1) is 15.1. The van der Waals surface area contributed by atoms with Gasteiger partial charge in [0.2, 0.25) is 0 Å². The number of rotatable bonds is 10. The molecule has 0 atom stereocenters. The molecular formula is C24H29N5OS. The number of aryl methyl sites for hydroxylation is 1. The minimum absolute atomic E-state index is 0.0941. The number of nitrogens with zero attached hydrogens (tertiary/aromatic N) is 4. The van der Waals surface area contributed by atoms with Gasteiger partial charge in [0.25, 0.3) is 5.91 Å². The van der Waals surface area contributed by atoms with Crippen molar-refractivity contribution < 1.29 is 4.79 Å². The van der Waals surface area contributed by atoms with Crippen LogP contribution in [0.25, 0.3) is 0 Å². The fraction of sp³-hybridized carbons (Fsp3) is 0.333. The van der Waals surface area contributed by atoms with Crippen LogP contribution in [0.1, 0.15) is 47.4 Å². The zero-order chi connectivity index (χ0) is 22.1. The molecule has 6 nitrogen and oxygen atoms in total. The van der Waals surface area contributed by atoms with Crippen molar-refractivity contribution >= 4 is 23.5 Å². The number of aromatic nitrogens is 3. The van der Waals surface area contributed by atoms with Crippen molar-refractivity contribution in [2.45, 2.75) is 44.1 Å². The maximum atomic E-state index is 12.5. The van der Waals surface area contributed by atoms with E-state index in [1.165, 1.54) is 0 Å². The van der Waals surface area contributed by atoms with Crippen molar-refractivity contribution in [1.29, 1.82) is 0 Å². The Kier molecular flexibility index (Phi) is 8.41. The van der Waals surface area contributed by atoms with Crippen LogP contribution < -0.4 is 10.2 Å². The van der Waals surface area contributed by atoms with Crippen LogP contribution in [0, 0.1) is 0 Å². The number of anilines is 1. The van der Waals surface area contributed by atoms with E-state index >= 15 is 0 Å². The summed E-state index contributed by atoms with van der Waals surface area (Å²) in [6.07, 6.45) is 5.41. The van der Waals surface area contributed by atoms with Gasteiger partial charge in [-0.15, -0.1) is 0 Å². The molecule has 7 heteroatoms. The van der Waals surface area contributed by atoms with E-state index in [1.807, 2.05) is 36.4 Å². The summed E-state index contributed by atoms with van der Waals surface area (Å²) in [6, 6.07) is 13.6. The summed E-state index contributed by atoms with van der Waals surface area (Å²) in [4.78, 5) is 28.2. The van der Waals surface area contributed by atoms with Crippen molar-refractivity contribution in [3.63, 3.8) is 0 Å². The molecule has 0 saturated heterocycles. The van der Waals surface area contributed by atoms with E-state index in [0.717, 1.165) is 47.2 Å². The van der Waals surface area contributed by atoms with Gasteiger partial charge in [-0.2, -0.15) is 0 Å². The maximum absolute atomic E-state index is 12.5. The number of hydrogen-bond donors (Lipinski definition) is 1. The topological polar surface area (TPSA) is 71.0 Å².